The van der Waals surface area contributed by atoms with Crippen molar-refractivity contribution in [2.75, 3.05) is 19.4 Å². The van der Waals surface area contributed by atoms with Gasteiger partial charge in [0.2, 0.25) is 0 Å². The predicted octanol–water partition coefficient (Wildman–Crippen LogP) is 4.78. The summed E-state index contributed by atoms with van der Waals surface area (Å²) in [4.78, 5) is 18.8. The molecule has 1 N–H and O–H groups in total. The molecule has 0 amide bonds. The van der Waals surface area contributed by atoms with E-state index in [1.54, 1.807) is 18.5 Å². The summed E-state index contributed by atoms with van der Waals surface area (Å²) in [6.45, 7) is 0.833. The van der Waals surface area contributed by atoms with Gasteiger partial charge in [0.1, 0.15) is 0 Å². The van der Waals surface area contributed by atoms with Crippen LogP contribution in [0.2, 0.25) is 0 Å². The molecule has 2 aromatic carbocycles. The van der Waals surface area contributed by atoms with Crippen molar-refractivity contribution in [2.45, 2.75) is 6.54 Å². The number of pyridine rings is 1. The van der Waals surface area contributed by atoms with E-state index >= 15 is 0 Å². The summed E-state index contributed by atoms with van der Waals surface area (Å²) in [5.74, 6) is -0.0236. The van der Waals surface area contributed by atoms with Crippen LogP contribution in [0.25, 0.3) is 6.08 Å². The van der Waals surface area contributed by atoms with Gasteiger partial charge >= 0.3 is 0 Å². The van der Waals surface area contributed by atoms with Crippen LogP contribution in [-0.4, -0.2) is 29.8 Å². The van der Waals surface area contributed by atoms with Gasteiger partial charge in [0, 0.05) is 24.0 Å². The molecule has 1 heterocycles. The fourth-order valence-electron chi connectivity index (χ4n) is 2.80. The largest absolute Gasteiger partial charge is 0.354 e. The first-order chi connectivity index (χ1) is 13.1. The number of nitrogens with zero attached hydrogens (tertiary/aromatic N) is 2. The zero-order valence-corrected chi connectivity index (χ0v) is 15.6. The molecule has 0 bridgehead atoms. The summed E-state index contributed by atoms with van der Waals surface area (Å²) in [5.41, 5.74) is 4.64. The van der Waals surface area contributed by atoms with Crippen molar-refractivity contribution in [1.82, 2.24) is 9.88 Å². The van der Waals surface area contributed by atoms with Crippen LogP contribution in [0.5, 0.6) is 0 Å². The lowest BCUT2D eigenvalue weighted by Crippen LogP contribution is -2.11. The van der Waals surface area contributed by atoms with Crippen molar-refractivity contribution in [2.24, 2.45) is 0 Å². The second-order valence-electron chi connectivity index (χ2n) is 6.58. The number of anilines is 2. The lowest BCUT2D eigenvalue weighted by Gasteiger charge is -2.12. The Hall–Kier alpha value is -3.24. The van der Waals surface area contributed by atoms with Crippen LogP contribution >= 0.6 is 0 Å². The Morgan fingerprint density at radius 3 is 2.63 bits per heavy atom. The highest BCUT2D eigenvalue weighted by atomic mass is 16.1. The van der Waals surface area contributed by atoms with Gasteiger partial charge in [0.25, 0.3) is 0 Å². The summed E-state index contributed by atoms with van der Waals surface area (Å²) in [7, 11) is 4.07. The van der Waals surface area contributed by atoms with Gasteiger partial charge in [-0.3, -0.25) is 9.78 Å². The molecule has 0 fully saturated rings. The fraction of sp³-hybridized carbons (Fsp3) is 0.130. The van der Waals surface area contributed by atoms with Crippen LogP contribution < -0.4 is 5.32 Å². The number of rotatable bonds is 7. The van der Waals surface area contributed by atoms with Gasteiger partial charge in [-0.15, -0.1) is 0 Å². The van der Waals surface area contributed by atoms with E-state index in [1.807, 2.05) is 74.8 Å². The van der Waals surface area contributed by atoms with Gasteiger partial charge < -0.3 is 10.2 Å². The lowest BCUT2D eigenvalue weighted by molar-refractivity contribution is 0.104. The average Bonchev–Trinajstić information content (AvgIpc) is 2.68. The van der Waals surface area contributed by atoms with Crippen LogP contribution in [0, 0.1) is 0 Å². The quantitative estimate of drug-likeness (QED) is 0.488. The third kappa shape index (κ3) is 5.36. The summed E-state index contributed by atoms with van der Waals surface area (Å²) in [6, 6.07) is 19.4. The molecule has 4 nitrogen and oxygen atoms in total. The van der Waals surface area contributed by atoms with Gasteiger partial charge in [-0.05, 0) is 55.6 Å². The molecule has 4 heteroatoms. The Balaban J connectivity index is 1.75. The Morgan fingerprint density at radius 2 is 1.85 bits per heavy atom. The maximum atomic E-state index is 12.6. The molecule has 1 aromatic heterocycles. The smallest absolute Gasteiger partial charge is 0.185 e. The Bertz CT molecular complexity index is 933. The van der Waals surface area contributed by atoms with E-state index < -0.39 is 0 Å². The lowest BCUT2D eigenvalue weighted by atomic mass is 10.0. The van der Waals surface area contributed by atoms with Crippen molar-refractivity contribution in [3.63, 3.8) is 0 Å². The molecule has 27 heavy (non-hydrogen) atoms. The number of hydrogen-bond donors (Lipinski definition) is 1. The zero-order valence-electron chi connectivity index (χ0n) is 15.6. The van der Waals surface area contributed by atoms with E-state index in [1.165, 1.54) is 5.56 Å². The van der Waals surface area contributed by atoms with Crippen molar-refractivity contribution < 1.29 is 4.79 Å². The SMILES string of the molecule is CN(C)Cc1ccccc1/C=C/C(=O)c1cccc(Nc2cccnc2)c1. The average molecular weight is 357 g/mol. The third-order valence-corrected chi connectivity index (χ3v) is 4.05. The van der Waals surface area contributed by atoms with Crippen LogP contribution in [0.4, 0.5) is 11.4 Å². The summed E-state index contributed by atoms with van der Waals surface area (Å²) in [5, 5.41) is 3.26. The standard InChI is InChI=1S/C23H23N3O/c1-26(2)17-20-8-4-3-7-18(20)12-13-23(27)19-9-5-10-21(15-19)25-22-11-6-14-24-16-22/h3-16,25H,17H2,1-2H3/b13-12+. The minimum atomic E-state index is -0.0236. The van der Waals surface area contributed by atoms with Gasteiger partial charge in [-0.2, -0.15) is 0 Å². The number of aromatic nitrogens is 1. The number of nitrogens with one attached hydrogen (secondary N) is 1. The van der Waals surface area contributed by atoms with E-state index in [-0.39, 0.29) is 5.78 Å². The van der Waals surface area contributed by atoms with Crippen molar-refractivity contribution in [3.05, 3.63) is 95.8 Å². The topological polar surface area (TPSA) is 45.2 Å². The molecule has 136 valence electrons. The third-order valence-electron chi connectivity index (χ3n) is 4.05. The molecule has 0 unspecified atom stereocenters. The van der Waals surface area contributed by atoms with E-state index in [4.69, 9.17) is 0 Å². The maximum absolute atomic E-state index is 12.6. The first kappa shape index (κ1) is 18.5. The molecular weight excluding hydrogens is 334 g/mol. The van der Waals surface area contributed by atoms with Crippen molar-refractivity contribution in [3.8, 4) is 0 Å². The number of benzene rings is 2. The second-order valence-corrected chi connectivity index (χ2v) is 6.58. The van der Waals surface area contributed by atoms with Gasteiger partial charge in [-0.1, -0.05) is 42.5 Å². The molecule has 0 aliphatic heterocycles. The maximum Gasteiger partial charge on any atom is 0.185 e. The Labute approximate surface area is 160 Å². The van der Waals surface area contributed by atoms with Crippen LogP contribution in [0.15, 0.2) is 79.1 Å². The fourth-order valence-corrected chi connectivity index (χ4v) is 2.80. The molecule has 0 saturated heterocycles. The molecule has 0 aliphatic rings. The Kier molecular flexibility index (Phi) is 6.13. The number of carbonyl (C=O) groups excluding carboxylic acids is 1. The predicted molar refractivity (Wildman–Crippen MR) is 111 cm³/mol. The highest BCUT2D eigenvalue weighted by Crippen LogP contribution is 2.18. The molecule has 3 aromatic rings. The second kappa shape index (κ2) is 8.92. The zero-order chi connectivity index (χ0) is 19.1. The van der Waals surface area contributed by atoms with Crippen LogP contribution in [0.1, 0.15) is 21.5 Å². The van der Waals surface area contributed by atoms with Gasteiger partial charge in [0.05, 0.1) is 11.9 Å². The van der Waals surface area contributed by atoms with Crippen LogP contribution in [0.3, 0.4) is 0 Å². The molecule has 0 atom stereocenters. The minimum Gasteiger partial charge on any atom is -0.354 e. The Morgan fingerprint density at radius 1 is 1.04 bits per heavy atom. The number of hydrogen-bond acceptors (Lipinski definition) is 4. The monoisotopic (exact) mass is 357 g/mol. The van der Waals surface area contributed by atoms with Crippen molar-refractivity contribution in [1.29, 1.82) is 0 Å². The van der Waals surface area contributed by atoms with E-state index in [9.17, 15) is 4.79 Å². The highest BCUT2D eigenvalue weighted by molar-refractivity contribution is 6.07. The number of ketones is 1. The minimum absolute atomic E-state index is 0.0236. The number of carbonyl (C=O) groups is 1. The van der Waals surface area contributed by atoms with Gasteiger partial charge in [0.15, 0.2) is 5.78 Å². The van der Waals surface area contributed by atoms with E-state index in [2.05, 4.69) is 21.3 Å². The highest BCUT2D eigenvalue weighted by Gasteiger charge is 2.05. The first-order valence-electron chi connectivity index (χ1n) is 8.84. The van der Waals surface area contributed by atoms with E-state index in [0.717, 1.165) is 23.5 Å². The van der Waals surface area contributed by atoms with Crippen LogP contribution in [-0.2, 0) is 6.54 Å². The van der Waals surface area contributed by atoms with Crippen molar-refractivity contribution >= 4 is 23.2 Å². The summed E-state index contributed by atoms with van der Waals surface area (Å²) in [6.07, 6.45) is 7.00. The molecule has 0 radical (unpaired) electrons. The molecule has 0 saturated carbocycles. The number of allylic oxidation sites excluding steroid dienone is 1. The first-order valence-corrected chi connectivity index (χ1v) is 8.84. The normalized spacial score (nSPS) is 11.1. The summed E-state index contributed by atoms with van der Waals surface area (Å²) < 4.78 is 0. The molecule has 0 spiro atoms. The van der Waals surface area contributed by atoms with E-state index in [0.29, 0.717) is 5.56 Å². The molecule has 0 aliphatic carbocycles. The summed E-state index contributed by atoms with van der Waals surface area (Å²) >= 11 is 0. The molecule has 3 rings (SSSR count). The molecular formula is C23H23N3O. The van der Waals surface area contributed by atoms with Gasteiger partial charge in [-0.25, -0.2) is 0 Å².